The highest BCUT2D eigenvalue weighted by Gasteiger charge is 2.22. The Morgan fingerprint density at radius 3 is 2.77 bits per heavy atom. The third kappa shape index (κ3) is 4.02. The number of nitrogens with two attached hydrogens (primary N) is 1. The van der Waals surface area contributed by atoms with Crippen LogP contribution in [0.4, 0.5) is 4.39 Å². The fourth-order valence-electron chi connectivity index (χ4n) is 3.26. The van der Waals surface area contributed by atoms with Gasteiger partial charge in [-0.25, -0.2) is 13.9 Å². The van der Waals surface area contributed by atoms with E-state index in [1.54, 1.807) is 16.8 Å². The third-order valence-electron chi connectivity index (χ3n) is 4.16. The minimum absolute atomic E-state index is 0.207. The third-order valence-corrected chi connectivity index (χ3v) is 4.16. The predicted octanol–water partition coefficient (Wildman–Crippen LogP) is 3.99. The first-order valence-electron chi connectivity index (χ1n) is 8.78. The second-order valence-electron chi connectivity index (χ2n) is 7.58. The van der Waals surface area contributed by atoms with E-state index < -0.39 is 11.4 Å². The summed E-state index contributed by atoms with van der Waals surface area (Å²) in [5.41, 5.74) is 8.85. The van der Waals surface area contributed by atoms with Crippen molar-refractivity contribution in [1.82, 2.24) is 14.6 Å². The highest BCUT2D eigenvalue weighted by molar-refractivity contribution is 5.77. The number of imidazole rings is 1. The molecule has 0 unspecified atom stereocenters. The van der Waals surface area contributed by atoms with E-state index in [2.05, 4.69) is 23.9 Å². The lowest BCUT2D eigenvalue weighted by molar-refractivity contribution is 0.200. The molecule has 6 heteroatoms. The van der Waals surface area contributed by atoms with Crippen LogP contribution in [0.2, 0.25) is 0 Å². The molecule has 3 aromatic rings. The van der Waals surface area contributed by atoms with Gasteiger partial charge in [0, 0.05) is 17.3 Å². The standard InChI is InChI=1S/C20H25FN4O/c1-13(2)10-20(4,22)12-26-18-6-5-15(9-17(18)21)16-7-8-23-25-11-14(3)24-19(16)25/h5-9,11,13H,10,12,22H2,1-4H3/t20-/m0/s1. The van der Waals surface area contributed by atoms with Crippen molar-refractivity contribution in [1.29, 1.82) is 0 Å². The van der Waals surface area contributed by atoms with Gasteiger partial charge in [-0.15, -0.1) is 0 Å². The van der Waals surface area contributed by atoms with Crippen molar-refractivity contribution >= 4 is 5.65 Å². The largest absolute Gasteiger partial charge is 0.489 e. The number of hydrogen-bond donors (Lipinski definition) is 1. The fraction of sp³-hybridized carbons (Fsp3) is 0.400. The smallest absolute Gasteiger partial charge is 0.165 e. The Bertz CT molecular complexity index is 917. The van der Waals surface area contributed by atoms with Gasteiger partial charge in [-0.1, -0.05) is 19.9 Å². The Labute approximate surface area is 153 Å². The fourth-order valence-corrected chi connectivity index (χ4v) is 3.26. The van der Waals surface area contributed by atoms with Crippen molar-refractivity contribution in [3.8, 4) is 16.9 Å². The highest BCUT2D eigenvalue weighted by Crippen LogP contribution is 2.28. The van der Waals surface area contributed by atoms with E-state index in [1.807, 2.05) is 32.2 Å². The summed E-state index contributed by atoms with van der Waals surface area (Å²) in [5, 5.41) is 4.23. The normalized spacial score (nSPS) is 14.0. The van der Waals surface area contributed by atoms with Crippen molar-refractivity contribution in [3.05, 3.63) is 48.2 Å². The van der Waals surface area contributed by atoms with Gasteiger partial charge in [0.2, 0.25) is 0 Å². The zero-order chi connectivity index (χ0) is 18.9. The first-order valence-corrected chi connectivity index (χ1v) is 8.78. The molecule has 0 aliphatic heterocycles. The van der Waals surface area contributed by atoms with Gasteiger partial charge >= 0.3 is 0 Å². The molecule has 0 saturated heterocycles. The molecule has 26 heavy (non-hydrogen) atoms. The van der Waals surface area contributed by atoms with E-state index in [0.29, 0.717) is 11.6 Å². The highest BCUT2D eigenvalue weighted by atomic mass is 19.1. The quantitative estimate of drug-likeness (QED) is 0.725. The van der Waals surface area contributed by atoms with Gasteiger partial charge in [-0.2, -0.15) is 5.10 Å². The SMILES string of the molecule is Cc1cn2nccc(-c3ccc(OC[C@@](C)(N)CC(C)C)c(F)c3)c2n1. The summed E-state index contributed by atoms with van der Waals surface area (Å²) in [6.45, 7) is 8.30. The molecule has 1 atom stereocenters. The predicted molar refractivity (Wildman–Crippen MR) is 101 cm³/mol. The van der Waals surface area contributed by atoms with Crippen molar-refractivity contribution in [2.75, 3.05) is 6.61 Å². The number of aryl methyl sites for hydroxylation is 1. The van der Waals surface area contributed by atoms with Crippen molar-refractivity contribution < 1.29 is 9.13 Å². The van der Waals surface area contributed by atoms with Crippen LogP contribution in [-0.4, -0.2) is 26.7 Å². The van der Waals surface area contributed by atoms with E-state index in [1.165, 1.54) is 6.07 Å². The molecule has 138 valence electrons. The molecule has 0 bridgehead atoms. The number of nitrogens with zero attached hydrogens (tertiary/aromatic N) is 3. The Morgan fingerprint density at radius 1 is 1.31 bits per heavy atom. The van der Waals surface area contributed by atoms with E-state index in [9.17, 15) is 4.39 Å². The maximum absolute atomic E-state index is 14.6. The average Bonchev–Trinajstić information content (AvgIpc) is 2.92. The van der Waals surface area contributed by atoms with E-state index in [0.717, 1.165) is 23.2 Å². The van der Waals surface area contributed by atoms with Gasteiger partial charge in [0.25, 0.3) is 0 Å². The molecule has 0 aliphatic carbocycles. The van der Waals surface area contributed by atoms with Crippen LogP contribution < -0.4 is 10.5 Å². The molecule has 2 heterocycles. The Balaban J connectivity index is 1.83. The molecule has 2 N–H and O–H groups in total. The number of rotatable bonds is 6. The second kappa shape index (κ2) is 7.03. The number of halogens is 1. The lowest BCUT2D eigenvalue weighted by atomic mass is 9.93. The lowest BCUT2D eigenvalue weighted by Gasteiger charge is -2.26. The Kier molecular flexibility index (Phi) is 4.96. The van der Waals surface area contributed by atoms with Gasteiger partial charge in [-0.05, 0) is 49.9 Å². The van der Waals surface area contributed by atoms with E-state index in [-0.39, 0.29) is 12.4 Å². The first-order chi connectivity index (χ1) is 12.2. The minimum Gasteiger partial charge on any atom is -0.489 e. The van der Waals surface area contributed by atoms with Crippen molar-refractivity contribution in [2.24, 2.45) is 11.7 Å². The van der Waals surface area contributed by atoms with Crippen LogP contribution in [0, 0.1) is 18.7 Å². The van der Waals surface area contributed by atoms with Crippen LogP contribution in [0.5, 0.6) is 5.75 Å². The molecule has 5 nitrogen and oxygen atoms in total. The topological polar surface area (TPSA) is 65.4 Å². The van der Waals surface area contributed by atoms with E-state index >= 15 is 0 Å². The zero-order valence-electron chi connectivity index (χ0n) is 15.7. The van der Waals surface area contributed by atoms with Gasteiger partial charge in [0.15, 0.2) is 17.2 Å². The zero-order valence-corrected chi connectivity index (χ0v) is 15.7. The van der Waals surface area contributed by atoms with Gasteiger partial charge in [0.1, 0.15) is 6.61 Å². The molecular weight excluding hydrogens is 331 g/mol. The van der Waals surface area contributed by atoms with Crippen LogP contribution in [0.1, 0.15) is 32.9 Å². The number of hydrogen-bond acceptors (Lipinski definition) is 4. The van der Waals surface area contributed by atoms with Crippen LogP contribution in [0.3, 0.4) is 0 Å². The monoisotopic (exact) mass is 356 g/mol. The summed E-state index contributed by atoms with van der Waals surface area (Å²) >= 11 is 0. The average molecular weight is 356 g/mol. The Hall–Kier alpha value is -2.47. The second-order valence-corrected chi connectivity index (χ2v) is 7.58. The maximum atomic E-state index is 14.6. The molecular formula is C20H25FN4O. The molecule has 0 aliphatic rings. The van der Waals surface area contributed by atoms with Gasteiger partial charge in [0.05, 0.1) is 11.9 Å². The molecule has 1 aromatic carbocycles. The molecule has 0 saturated carbocycles. The number of ether oxygens (including phenoxy) is 1. The lowest BCUT2D eigenvalue weighted by Crippen LogP contribution is -2.43. The summed E-state index contributed by atoms with van der Waals surface area (Å²) in [4.78, 5) is 4.47. The molecule has 0 fully saturated rings. The number of fused-ring (bicyclic) bond motifs is 1. The summed E-state index contributed by atoms with van der Waals surface area (Å²) < 4.78 is 21.9. The Morgan fingerprint density at radius 2 is 2.08 bits per heavy atom. The molecule has 3 rings (SSSR count). The maximum Gasteiger partial charge on any atom is 0.165 e. The number of aromatic nitrogens is 3. The summed E-state index contributed by atoms with van der Waals surface area (Å²) in [6.07, 6.45) is 4.32. The van der Waals surface area contributed by atoms with Crippen molar-refractivity contribution in [2.45, 2.75) is 39.7 Å². The molecule has 2 aromatic heterocycles. The van der Waals surface area contributed by atoms with Crippen LogP contribution in [-0.2, 0) is 0 Å². The van der Waals surface area contributed by atoms with Crippen molar-refractivity contribution in [3.63, 3.8) is 0 Å². The van der Waals surface area contributed by atoms with E-state index in [4.69, 9.17) is 10.5 Å². The minimum atomic E-state index is -0.496. The van der Waals surface area contributed by atoms with Gasteiger partial charge < -0.3 is 10.5 Å². The molecule has 0 radical (unpaired) electrons. The number of benzene rings is 1. The van der Waals surface area contributed by atoms with Crippen LogP contribution in [0.25, 0.3) is 16.8 Å². The summed E-state index contributed by atoms with van der Waals surface area (Å²) in [7, 11) is 0. The van der Waals surface area contributed by atoms with Crippen LogP contribution >= 0.6 is 0 Å². The summed E-state index contributed by atoms with van der Waals surface area (Å²) in [5.74, 6) is 0.243. The van der Waals surface area contributed by atoms with Gasteiger partial charge in [-0.3, -0.25) is 0 Å². The van der Waals surface area contributed by atoms with Crippen LogP contribution in [0.15, 0.2) is 36.7 Å². The molecule has 0 amide bonds. The first kappa shape index (κ1) is 18.3. The summed E-state index contributed by atoms with van der Waals surface area (Å²) in [6, 6.07) is 6.76. The molecule has 0 spiro atoms.